The lowest BCUT2D eigenvalue weighted by molar-refractivity contribution is 0.370. The van der Waals surface area contributed by atoms with Crippen LogP contribution in [0.1, 0.15) is 22.6 Å². The zero-order valence-corrected chi connectivity index (χ0v) is 12.3. The number of ether oxygens (including phenoxy) is 1. The minimum atomic E-state index is -0.0788. The summed E-state index contributed by atoms with van der Waals surface area (Å²) in [4.78, 5) is 0. The average molecular weight is 280 g/mol. The standard InChI is InChI=1S/C19H20O2/c1-4-9-14-12-17(19(20)18(13-14)21-3)16(5-2)15-10-7-6-8-11-15/h4-8,10-13,16,20H,1-2,9H2,3H3. The Labute approximate surface area is 126 Å². The zero-order chi connectivity index (χ0) is 15.2. The van der Waals surface area contributed by atoms with Crippen LogP contribution in [0.4, 0.5) is 0 Å². The largest absolute Gasteiger partial charge is 0.504 e. The number of hydrogen-bond donors (Lipinski definition) is 1. The molecule has 0 amide bonds. The van der Waals surface area contributed by atoms with E-state index in [1.807, 2.05) is 54.6 Å². The van der Waals surface area contributed by atoms with E-state index in [4.69, 9.17) is 4.74 Å². The summed E-state index contributed by atoms with van der Waals surface area (Å²) in [5.74, 6) is 0.566. The fraction of sp³-hybridized carbons (Fsp3) is 0.158. The van der Waals surface area contributed by atoms with E-state index in [-0.39, 0.29) is 11.7 Å². The summed E-state index contributed by atoms with van der Waals surface area (Å²) in [6.07, 6.45) is 4.39. The van der Waals surface area contributed by atoms with Crippen LogP contribution in [0.25, 0.3) is 0 Å². The van der Waals surface area contributed by atoms with Crippen LogP contribution in [0.15, 0.2) is 67.8 Å². The van der Waals surface area contributed by atoms with E-state index < -0.39 is 0 Å². The molecule has 0 radical (unpaired) electrons. The number of allylic oxidation sites excluding steroid dienone is 2. The van der Waals surface area contributed by atoms with Gasteiger partial charge in [-0.1, -0.05) is 48.6 Å². The SMILES string of the molecule is C=CCc1cc(OC)c(O)c(C(C=C)c2ccccc2)c1. The van der Waals surface area contributed by atoms with Crippen molar-refractivity contribution in [3.05, 3.63) is 84.5 Å². The molecule has 2 rings (SSSR count). The van der Waals surface area contributed by atoms with Gasteiger partial charge in [0.25, 0.3) is 0 Å². The van der Waals surface area contributed by atoms with Gasteiger partial charge in [-0.2, -0.15) is 0 Å². The van der Waals surface area contributed by atoms with Crippen molar-refractivity contribution in [3.63, 3.8) is 0 Å². The molecular formula is C19H20O2. The third kappa shape index (κ3) is 3.16. The Balaban J connectivity index is 2.57. The van der Waals surface area contributed by atoms with E-state index in [0.29, 0.717) is 5.75 Å². The van der Waals surface area contributed by atoms with Crippen LogP contribution in [0.3, 0.4) is 0 Å². The first-order chi connectivity index (χ1) is 10.2. The van der Waals surface area contributed by atoms with Crippen LogP contribution in [-0.4, -0.2) is 12.2 Å². The molecular weight excluding hydrogens is 260 g/mol. The Bertz CT molecular complexity index is 630. The van der Waals surface area contributed by atoms with Crippen molar-refractivity contribution in [2.45, 2.75) is 12.3 Å². The second-order valence-electron chi connectivity index (χ2n) is 4.85. The lowest BCUT2D eigenvalue weighted by Crippen LogP contribution is -2.01. The van der Waals surface area contributed by atoms with Gasteiger partial charge in [-0.15, -0.1) is 13.2 Å². The molecule has 0 heterocycles. The van der Waals surface area contributed by atoms with Crippen LogP contribution >= 0.6 is 0 Å². The maximum atomic E-state index is 10.4. The highest BCUT2D eigenvalue weighted by molar-refractivity contribution is 5.54. The van der Waals surface area contributed by atoms with Gasteiger partial charge in [-0.05, 0) is 23.6 Å². The summed E-state index contributed by atoms with van der Waals surface area (Å²) in [6, 6.07) is 13.8. The zero-order valence-electron chi connectivity index (χ0n) is 12.3. The molecule has 0 fully saturated rings. The highest BCUT2D eigenvalue weighted by Gasteiger charge is 2.18. The van der Waals surface area contributed by atoms with E-state index in [0.717, 1.165) is 23.1 Å². The lowest BCUT2D eigenvalue weighted by Gasteiger charge is -2.18. The van der Waals surface area contributed by atoms with Gasteiger partial charge in [0, 0.05) is 11.5 Å². The predicted molar refractivity (Wildman–Crippen MR) is 87.0 cm³/mol. The van der Waals surface area contributed by atoms with Gasteiger partial charge in [0.05, 0.1) is 7.11 Å². The summed E-state index contributed by atoms with van der Waals surface area (Å²) in [5, 5.41) is 10.4. The van der Waals surface area contributed by atoms with E-state index in [9.17, 15) is 5.11 Å². The maximum absolute atomic E-state index is 10.4. The molecule has 0 aliphatic rings. The second-order valence-corrected chi connectivity index (χ2v) is 4.85. The van der Waals surface area contributed by atoms with E-state index in [1.165, 1.54) is 0 Å². The molecule has 0 saturated carbocycles. The first-order valence-corrected chi connectivity index (χ1v) is 6.89. The summed E-state index contributed by atoms with van der Waals surface area (Å²) >= 11 is 0. The molecule has 2 nitrogen and oxygen atoms in total. The molecule has 0 aliphatic heterocycles. The van der Waals surface area contributed by atoms with Gasteiger partial charge in [0.2, 0.25) is 0 Å². The van der Waals surface area contributed by atoms with Crippen LogP contribution in [-0.2, 0) is 6.42 Å². The molecule has 0 aliphatic carbocycles. The molecule has 1 atom stereocenters. The molecule has 1 N–H and O–H groups in total. The molecule has 2 aromatic rings. The predicted octanol–water partition coefficient (Wildman–Crippen LogP) is 4.45. The third-order valence-corrected chi connectivity index (χ3v) is 3.49. The number of benzene rings is 2. The van der Waals surface area contributed by atoms with Gasteiger partial charge in [-0.3, -0.25) is 0 Å². The van der Waals surface area contributed by atoms with Crippen molar-refractivity contribution in [1.82, 2.24) is 0 Å². The van der Waals surface area contributed by atoms with Crippen molar-refractivity contribution in [1.29, 1.82) is 0 Å². The van der Waals surface area contributed by atoms with Crippen molar-refractivity contribution in [2.75, 3.05) is 7.11 Å². The smallest absolute Gasteiger partial charge is 0.161 e. The Hall–Kier alpha value is -2.48. The Morgan fingerprint density at radius 2 is 1.90 bits per heavy atom. The maximum Gasteiger partial charge on any atom is 0.161 e. The first-order valence-electron chi connectivity index (χ1n) is 6.89. The Morgan fingerprint density at radius 1 is 1.19 bits per heavy atom. The van der Waals surface area contributed by atoms with Crippen LogP contribution in [0.2, 0.25) is 0 Å². The van der Waals surface area contributed by atoms with Crippen molar-refractivity contribution in [2.24, 2.45) is 0 Å². The van der Waals surface area contributed by atoms with E-state index in [1.54, 1.807) is 7.11 Å². The molecule has 0 aromatic heterocycles. The lowest BCUT2D eigenvalue weighted by atomic mass is 9.89. The number of methoxy groups -OCH3 is 1. The Kier molecular flexibility index (Phi) is 4.83. The monoisotopic (exact) mass is 280 g/mol. The Morgan fingerprint density at radius 3 is 2.48 bits per heavy atom. The van der Waals surface area contributed by atoms with E-state index in [2.05, 4.69) is 13.2 Å². The molecule has 0 spiro atoms. The molecule has 1 unspecified atom stereocenters. The summed E-state index contributed by atoms with van der Waals surface area (Å²) in [6.45, 7) is 7.68. The summed E-state index contributed by atoms with van der Waals surface area (Å²) < 4.78 is 5.28. The van der Waals surface area contributed by atoms with Crippen molar-refractivity contribution < 1.29 is 9.84 Å². The summed E-state index contributed by atoms with van der Waals surface area (Å²) in [7, 11) is 1.56. The van der Waals surface area contributed by atoms with E-state index >= 15 is 0 Å². The van der Waals surface area contributed by atoms with Crippen LogP contribution in [0.5, 0.6) is 11.5 Å². The molecule has 0 bridgehead atoms. The normalized spacial score (nSPS) is 11.7. The highest BCUT2D eigenvalue weighted by Crippen LogP contribution is 2.39. The highest BCUT2D eigenvalue weighted by atomic mass is 16.5. The van der Waals surface area contributed by atoms with Crippen LogP contribution < -0.4 is 4.74 Å². The van der Waals surface area contributed by atoms with Crippen molar-refractivity contribution >= 4 is 0 Å². The van der Waals surface area contributed by atoms with Gasteiger partial charge in [-0.25, -0.2) is 0 Å². The first kappa shape index (κ1) is 14.9. The average Bonchev–Trinajstić information content (AvgIpc) is 2.52. The summed E-state index contributed by atoms with van der Waals surface area (Å²) in [5.41, 5.74) is 2.94. The molecule has 108 valence electrons. The minimum Gasteiger partial charge on any atom is -0.504 e. The van der Waals surface area contributed by atoms with Crippen molar-refractivity contribution in [3.8, 4) is 11.5 Å². The fourth-order valence-corrected chi connectivity index (χ4v) is 2.47. The van der Waals surface area contributed by atoms with Gasteiger partial charge < -0.3 is 9.84 Å². The molecule has 0 saturated heterocycles. The second kappa shape index (κ2) is 6.80. The fourth-order valence-electron chi connectivity index (χ4n) is 2.47. The molecule has 2 heteroatoms. The number of phenolic OH excluding ortho intramolecular Hbond substituents is 1. The molecule has 2 aromatic carbocycles. The van der Waals surface area contributed by atoms with Crippen LogP contribution in [0, 0.1) is 0 Å². The minimum absolute atomic E-state index is 0.0788. The number of rotatable bonds is 6. The quantitative estimate of drug-likeness (QED) is 0.792. The molecule has 21 heavy (non-hydrogen) atoms. The number of phenols is 1. The van der Waals surface area contributed by atoms with Gasteiger partial charge in [0.1, 0.15) is 0 Å². The number of hydrogen-bond acceptors (Lipinski definition) is 2. The number of aromatic hydroxyl groups is 1. The van der Waals surface area contributed by atoms with Gasteiger partial charge >= 0.3 is 0 Å². The third-order valence-electron chi connectivity index (χ3n) is 3.49. The topological polar surface area (TPSA) is 29.5 Å². The van der Waals surface area contributed by atoms with Gasteiger partial charge in [0.15, 0.2) is 11.5 Å².